The molecule has 4 heteroatoms. The molecule has 15 heavy (non-hydrogen) atoms. The minimum Gasteiger partial charge on any atom is -0.381 e. The van der Waals surface area contributed by atoms with E-state index >= 15 is 0 Å². The Bertz CT molecular complexity index is 193. The maximum atomic E-state index is 11.8. The van der Waals surface area contributed by atoms with Gasteiger partial charge in [-0.3, -0.25) is 4.79 Å². The second kappa shape index (κ2) is 7.23. The summed E-state index contributed by atoms with van der Waals surface area (Å²) >= 11 is 3.40. The summed E-state index contributed by atoms with van der Waals surface area (Å²) in [6, 6.07) is 0. The lowest BCUT2D eigenvalue weighted by Gasteiger charge is -2.20. The number of halogens is 1. The molecule has 1 fully saturated rings. The first kappa shape index (κ1) is 13.0. The van der Waals surface area contributed by atoms with E-state index in [-0.39, 0.29) is 11.8 Å². The average Bonchev–Trinajstić information content (AvgIpc) is 2.76. The summed E-state index contributed by atoms with van der Waals surface area (Å²) in [4.78, 5) is 13.7. The zero-order valence-corrected chi connectivity index (χ0v) is 11.0. The van der Waals surface area contributed by atoms with Crippen LogP contribution in [0.1, 0.15) is 25.7 Å². The molecule has 1 aliphatic heterocycles. The monoisotopic (exact) mass is 277 g/mol. The second-order valence-electron chi connectivity index (χ2n) is 4.07. The number of ether oxygens (including phenoxy) is 1. The smallest absolute Gasteiger partial charge is 0.227 e. The lowest BCUT2D eigenvalue weighted by atomic mass is 10.1. The van der Waals surface area contributed by atoms with Gasteiger partial charge >= 0.3 is 0 Å². The van der Waals surface area contributed by atoms with E-state index in [0.29, 0.717) is 6.61 Å². The first-order valence-electron chi connectivity index (χ1n) is 5.64. The summed E-state index contributed by atoms with van der Waals surface area (Å²) in [5.41, 5.74) is 0. The van der Waals surface area contributed by atoms with Crippen LogP contribution in [-0.4, -0.2) is 42.9 Å². The zero-order valence-electron chi connectivity index (χ0n) is 9.38. The molecule has 1 heterocycles. The van der Waals surface area contributed by atoms with Crippen molar-refractivity contribution in [2.45, 2.75) is 25.7 Å². The molecule has 0 aromatic heterocycles. The standard InChI is InChI=1S/C11H20BrNO2/c1-13(7-4-2-3-6-12)11(14)10-5-8-15-9-10/h10H,2-9H2,1H3. The molecular formula is C11H20BrNO2. The van der Waals surface area contributed by atoms with E-state index < -0.39 is 0 Å². The lowest BCUT2D eigenvalue weighted by Crippen LogP contribution is -2.33. The molecule has 3 nitrogen and oxygen atoms in total. The van der Waals surface area contributed by atoms with Crippen LogP contribution in [-0.2, 0) is 9.53 Å². The lowest BCUT2D eigenvalue weighted by molar-refractivity contribution is -0.134. The second-order valence-corrected chi connectivity index (χ2v) is 4.86. The minimum atomic E-state index is 0.117. The van der Waals surface area contributed by atoms with Crippen molar-refractivity contribution in [2.24, 2.45) is 5.92 Å². The number of carbonyl (C=O) groups is 1. The zero-order chi connectivity index (χ0) is 11.1. The van der Waals surface area contributed by atoms with Crippen LogP contribution in [0.4, 0.5) is 0 Å². The molecule has 0 N–H and O–H groups in total. The van der Waals surface area contributed by atoms with Crippen LogP contribution in [0.3, 0.4) is 0 Å². The molecule has 0 aromatic carbocycles. The molecule has 0 aromatic rings. The van der Waals surface area contributed by atoms with Gasteiger partial charge in [-0.25, -0.2) is 0 Å². The van der Waals surface area contributed by atoms with Gasteiger partial charge in [-0.1, -0.05) is 22.4 Å². The van der Waals surface area contributed by atoms with E-state index in [1.54, 1.807) is 0 Å². The van der Waals surface area contributed by atoms with Gasteiger partial charge in [0.25, 0.3) is 0 Å². The summed E-state index contributed by atoms with van der Waals surface area (Å²) < 4.78 is 5.22. The van der Waals surface area contributed by atoms with Gasteiger partial charge in [-0.15, -0.1) is 0 Å². The first-order valence-corrected chi connectivity index (χ1v) is 6.76. The normalized spacial score (nSPS) is 20.5. The Hall–Kier alpha value is -0.0900. The van der Waals surface area contributed by atoms with Crippen LogP contribution < -0.4 is 0 Å². The molecule has 1 saturated heterocycles. The quantitative estimate of drug-likeness (QED) is 0.549. The highest BCUT2D eigenvalue weighted by molar-refractivity contribution is 9.09. The van der Waals surface area contributed by atoms with Crippen molar-refractivity contribution >= 4 is 21.8 Å². The van der Waals surface area contributed by atoms with Crippen molar-refractivity contribution < 1.29 is 9.53 Å². The maximum Gasteiger partial charge on any atom is 0.227 e. The van der Waals surface area contributed by atoms with Gasteiger partial charge in [0.2, 0.25) is 5.91 Å². The average molecular weight is 278 g/mol. The number of rotatable bonds is 6. The molecule has 1 amide bonds. The van der Waals surface area contributed by atoms with Gasteiger partial charge in [-0.05, 0) is 19.3 Å². The highest BCUT2D eigenvalue weighted by Gasteiger charge is 2.25. The van der Waals surface area contributed by atoms with Crippen LogP contribution in [0, 0.1) is 5.92 Å². The number of nitrogens with zero attached hydrogens (tertiary/aromatic N) is 1. The predicted octanol–water partition coefficient (Wildman–Crippen LogP) is 2.05. The number of hydrogen-bond acceptors (Lipinski definition) is 2. The Morgan fingerprint density at radius 1 is 1.47 bits per heavy atom. The molecule has 0 saturated carbocycles. The Morgan fingerprint density at radius 2 is 2.27 bits per heavy atom. The molecule has 0 bridgehead atoms. The largest absolute Gasteiger partial charge is 0.381 e. The third-order valence-electron chi connectivity index (χ3n) is 2.78. The molecule has 88 valence electrons. The van der Waals surface area contributed by atoms with Crippen LogP contribution in [0.5, 0.6) is 0 Å². The van der Waals surface area contributed by atoms with Gasteiger partial charge in [0.15, 0.2) is 0 Å². The van der Waals surface area contributed by atoms with Crippen LogP contribution in [0.2, 0.25) is 0 Å². The number of amides is 1. The summed E-state index contributed by atoms with van der Waals surface area (Å²) in [6.07, 6.45) is 4.37. The molecule has 1 aliphatic rings. The molecule has 1 rings (SSSR count). The Morgan fingerprint density at radius 3 is 2.87 bits per heavy atom. The van der Waals surface area contributed by atoms with E-state index in [4.69, 9.17) is 4.74 Å². The number of unbranched alkanes of at least 4 members (excludes halogenated alkanes) is 2. The highest BCUT2D eigenvalue weighted by Crippen LogP contribution is 2.15. The Balaban J connectivity index is 2.14. The Kier molecular flexibility index (Phi) is 6.25. The van der Waals surface area contributed by atoms with Gasteiger partial charge in [0.05, 0.1) is 12.5 Å². The first-order chi connectivity index (χ1) is 7.25. The molecule has 0 spiro atoms. The van der Waals surface area contributed by atoms with Crippen molar-refractivity contribution in [1.29, 1.82) is 0 Å². The SMILES string of the molecule is CN(CCCCCBr)C(=O)C1CCOC1. The third kappa shape index (κ3) is 4.51. The van der Waals surface area contributed by atoms with Gasteiger partial charge in [-0.2, -0.15) is 0 Å². The minimum absolute atomic E-state index is 0.117. The Labute approximate surface area is 100 Å². The molecule has 1 atom stereocenters. The fourth-order valence-corrected chi connectivity index (χ4v) is 2.17. The van der Waals surface area contributed by atoms with Crippen molar-refractivity contribution in [3.63, 3.8) is 0 Å². The number of alkyl halides is 1. The predicted molar refractivity (Wildman–Crippen MR) is 64.2 cm³/mol. The van der Waals surface area contributed by atoms with Crippen molar-refractivity contribution in [3.8, 4) is 0 Å². The highest BCUT2D eigenvalue weighted by atomic mass is 79.9. The third-order valence-corrected chi connectivity index (χ3v) is 3.34. The molecule has 0 radical (unpaired) electrons. The van der Waals surface area contributed by atoms with E-state index in [1.165, 1.54) is 12.8 Å². The van der Waals surface area contributed by atoms with Crippen molar-refractivity contribution in [3.05, 3.63) is 0 Å². The van der Waals surface area contributed by atoms with Crippen LogP contribution in [0.25, 0.3) is 0 Å². The number of hydrogen-bond donors (Lipinski definition) is 0. The van der Waals surface area contributed by atoms with Gasteiger partial charge in [0, 0.05) is 25.5 Å². The fraction of sp³-hybridized carbons (Fsp3) is 0.909. The van der Waals surface area contributed by atoms with Crippen LogP contribution in [0.15, 0.2) is 0 Å². The summed E-state index contributed by atoms with van der Waals surface area (Å²) in [6.45, 7) is 2.24. The topological polar surface area (TPSA) is 29.5 Å². The summed E-state index contributed by atoms with van der Waals surface area (Å²) in [5, 5.41) is 1.06. The molecular weight excluding hydrogens is 258 g/mol. The van der Waals surface area contributed by atoms with Crippen LogP contribution >= 0.6 is 15.9 Å². The van der Waals surface area contributed by atoms with E-state index in [2.05, 4.69) is 15.9 Å². The number of carbonyl (C=O) groups excluding carboxylic acids is 1. The van der Waals surface area contributed by atoms with E-state index in [1.807, 2.05) is 11.9 Å². The molecule has 1 unspecified atom stereocenters. The van der Waals surface area contributed by atoms with Crippen molar-refractivity contribution in [1.82, 2.24) is 4.90 Å². The molecule has 0 aliphatic carbocycles. The van der Waals surface area contributed by atoms with E-state index in [0.717, 1.165) is 31.3 Å². The maximum absolute atomic E-state index is 11.8. The fourth-order valence-electron chi connectivity index (χ4n) is 1.77. The van der Waals surface area contributed by atoms with Crippen molar-refractivity contribution in [2.75, 3.05) is 32.1 Å². The van der Waals surface area contributed by atoms with Gasteiger partial charge < -0.3 is 9.64 Å². The summed E-state index contributed by atoms with van der Waals surface area (Å²) in [7, 11) is 1.90. The van der Waals surface area contributed by atoms with Gasteiger partial charge in [0.1, 0.15) is 0 Å². The van der Waals surface area contributed by atoms with E-state index in [9.17, 15) is 4.79 Å². The summed E-state index contributed by atoms with van der Waals surface area (Å²) in [5.74, 6) is 0.373.